The minimum Gasteiger partial charge on any atom is -0.481 e. The first-order chi connectivity index (χ1) is 8.99. The van der Waals surface area contributed by atoms with Gasteiger partial charge in [0.25, 0.3) is 0 Å². The molecule has 0 heterocycles. The zero-order chi connectivity index (χ0) is 14.3. The van der Waals surface area contributed by atoms with Crippen molar-refractivity contribution in [3.8, 4) is 0 Å². The molecule has 0 aliphatic heterocycles. The van der Waals surface area contributed by atoms with Crippen molar-refractivity contribution in [2.45, 2.75) is 19.1 Å². The van der Waals surface area contributed by atoms with Crippen LogP contribution in [0.25, 0.3) is 0 Å². The number of aryl methyl sites for hydroxylation is 1. The van der Waals surface area contributed by atoms with E-state index >= 15 is 0 Å². The molecular weight excluding hydrogens is 262 g/mol. The van der Waals surface area contributed by atoms with Gasteiger partial charge in [-0.3, -0.25) is 9.59 Å². The first-order valence-corrected chi connectivity index (χ1v) is 7.23. The lowest BCUT2D eigenvalue weighted by Gasteiger charge is -2.15. The molecule has 0 aromatic heterocycles. The van der Waals surface area contributed by atoms with Crippen LogP contribution in [-0.4, -0.2) is 41.2 Å². The van der Waals surface area contributed by atoms with Gasteiger partial charge in [-0.15, -0.1) is 11.8 Å². The van der Waals surface area contributed by atoms with Crippen molar-refractivity contribution >= 4 is 23.6 Å². The molecule has 1 rings (SSSR count). The predicted molar refractivity (Wildman–Crippen MR) is 77.2 cm³/mol. The summed E-state index contributed by atoms with van der Waals surface area (Å²) in [5, 5.41) is 8.55. The fraction of sp³-hybridized carbons (Fsp3) is 0.429. The Morgan fingerprint density at radius 3 is 2.74 bits per heavy atom. The first-order valence-electron chi connectivity index (χ1n) is 6.08. The van der Waals surface area contributed by atoms with E-state index in [4.69, 9.17) is 5.11 Å². The maximum atomic E-state index is 11.7. The highest BCUT2D eigenvalue weighted by atomic mass is 32.2. The number of carbonyl (C=O) groups is 2. The van der Waals surface area contributed by atoms with Gasteiger partial charge in [0.2, 0.25) is 5.91 Å². The number of carboxylic acids is 1. The molecule has 1 aromatic carbocycles. The number of rotatable bonds is 7. The number of hydrogen-bond donors (Lipinski definition) is 1. The molecule has 1 amide bonds. The fourth-order valence-corrected chi connectivity index (χ4v) is 2.47. The van der Waals surface area contributed by atoms with Gasteiger partial charge in [0.1, 0.15) is 0 Å². The standard InChI is InChI=1S/C14H19NO3S/c1-11-4-3-5-12(8-11)9-19-10-13(16)15(2)7-6-14(17)18/h3-5,8H,6-7,9-10H2,1-2H3,(H,17,18). The first kappa shape index (κ1) is 15.6. The van der Waals surface area contributed by atoms with Crippen LogP contribution >= 0.6 is 11.8 Å². The highest BCUT2D eigenvalue weighted by Gasteiger charge is 2.10. The third-order valence-electron chi connectivity index (χ3n) is 2.66. The van der Waals surface area contributed by atoms with E-state index in [-0.39, 0.29) is 18.9 Å². The lowest BCUT2D eigenvalue weighted by Crippen LogP contribution is -2.30. The molecule has 0 unspecified atom stereocenters. The van der Waals surface area contributed by atoms with Crippen molar-refractivity contribution in [2.75, 3.05) is 19.3 Å². The molecule has 19 heavy (non-hydrogen) atoms. The molecular formula is C14H19NO3S. The van der Waals surface area contributed by atoms with Crippen molar-refractivity contribution in [3.63, 3.8) is 0 Å². The van der Waals surface area contributed by atoms with Gasteiger partial charge in [0.05, 0.1) is 12.2 Å². The molecule has 0 atom stereocenters. The number of benzene rings is 1. The van der Waals surface area contributed by atoms with Crippen LogP contribution in [0.15, 0.2) is 24.3 Å². The zero-order valence-electron chi connectivity index (χ0n) is 11.3. The molecule has 0 aliphatic rings. The van der Waals surface area contributed by atoms with E-state index in [9.17, 15) is 9.59 Å². The van der Waals surface area contributed by atoms with Gasteiger partial charge in [-0.05, 0) is 12.5 Å². The summed E-state index contributed by atoms with van der Waals surface area (Å²) >= 11 is 1.55. The Labute approximate surface area is 117 Å². The van der Waals surface area contributed by atoms with E-state index in [1.54, 1.807) is 18.8 Å². The van der Waals surface area contributed by atoms with Crippen LogP contribution in [0.1, 0.15) is 17.5 Å². The molecule has 0 aliphatic carbocycles. The molecule has 5 heteroatoms. The minimum absolute atomic E-state index is 0.00914. The molecule has 104 valence electrons. The van der Waals surface area contributed by atoms with E-state index in [0.29, 0.717) is 5.75 Å². The van der Waals surface area contributed by atoms with E-state index in [1.807, 2.05) is 25.1 Å². The fourth-order valence-electron chi connectivity index (χ4n) is 1.56. The Morgan fingerprint density at radius 1 is 1.37 bits per heavy atom. The second-order valence-electron chi connectivity index (χ2n) is 4.44. The molecule has 0 bridgehead atoms. The summed E-state index contributed by atoms with van der Waals surface area (Å²) in [6.07, 6.45) is -0.00914. The smallest absolute Gasteiger partial charge is 0.305 e. The lowest BCUT2D eigenvalue weighted by molar-refractivity contribution is -0.137. The summed E-state index contributed by atoms with van der Waals surface area (Å²) in [7, 11) is 1.64. The zero-order valence-corrected chi connectivity index (χ0v) is 12.1. The lowest BCUT2D eigenvalue weighted by atomic mass is 10.2. The monoisotopic (exact) mass is 281 g/mol. The van der Waals surface area contributed by atoms with Gasteiger partial charge in [0.15, 0.2) is 0 Å². The average Bonchev–Trinajstić information content (AvgIpc) is 2.35. The molecule has 0 spiro atoms. The number of carbonyl (C=O) groups excluding carboxylic acids is 1. The van der Waals surface area contributed by atoms with E-state index in [2.05, 4.69) is 6.07 Å². The summed E-state index contributed by atoms with van der Waals surface area (Å²) < 4.78 is 0. The van der Waals surface area contributed by atoms with Gasteiger partial charge >= 0.3 is 5.97 Å². The molecule has 0 saturated heterocycles. The highest BCUT2D eigenvalue weighted by molar-refractivity contribution is 7.99. The van der Waals surface area contributed by atoms with Gasteiger partial charge in [-0.1, -0.05) is 29.8 Å². The summed E-state index contributed by atoms with van der Waals surface area (Å²) in [6.45, 7) is 2.30. The largest absolute Gasteiger partial charge is 0.481 e. The Bertz CT molecular complexity index is 448. The summed E-state index contributed by atoms with van der Waals surface area (Å²) in [6, 6.07) is 8.19. The van der Waals surface area contributed by atoms with Gasteiger partial charge in [0, 0.05) is 19.3 Å². The average molecular weight is 281 g/mol. The maximum absolute atomic E-state index is 11.7. The van der Waals surface area contributed by atoms with Crippen molar-refractivity contribution in [1.82, 2.24) is 4.90 Å². The van der Waals surface area contributed by atoms with Crippen LogP contribution in [0.2, 0.25) is 0 Å². The second kappa shape index (κ2) is 7.84. The highest BCUT2D eigenvalue weighted by Crippen LogP contribution is 2.13. The van der Waals surface area contributed by atoms with Crippen LogP contribution in [-0.2, 0) is 15.3 Å². The third-order valence-corrected chi connectivity index (χ3v) is 3.65. The molecule has 1 N–H and O–H groups in total. The van der Waals surface area contributed by atoms with Crippen molar-refractivity contribution in [3.05, 3.63) is 35.4 Å². The van der Waals surface area contributed by atoms with Gasteiger partial charge in [-0.25, -0.2) is 0 Å². The number of carboxylic acid groups (broad SMARTS) is 1. The number of amides is 1. The van der Waals surface area contributed by atoms with E-state index in [0.717, 1.165) is 5.75 Å². The van der Waals surface area contributed by atoms with Crippen molar-refractivity contribution in [1.29, 1.82) is 0 Å². The van der Waals surface area contributed by atoms with Crippen LogP contribution in [0, 0.1) is 6.92 Å². The maximum Gasteiger partial charge on any atom is 0.305 e. The summed E-state index contributed by atoms with van der Waals surface area (Å²) in [5.74, 6) is 0.260. The number of aliphatic carboxylic acids is 1. The van der Waals surface area contributed by atoms with E-state index < -0.39 is 5.97 Å². The quantitative estimate of drug-likeness (QED) is 0.832. The molecule has 0 fully saturated rings. The number of thioether (sulfide) groups is 1. The third kappa shape index (κ3) is 6.29. The molecule has 1 aromatic rings. The predicted octanol–water partition coefficient (Wildman–Crippen LogP) is 2.16. The Kier molecular flexibility index (Phi) is 6.42. The van der Waals surface area contributed by atoms with Crippen LogP contribution < -0.4 is 0 Å². The van der Waals surface area contributed by atoms with Crippen LogP contribution in [0.5, 0.6) is 0 Å². The molecule has 0 saturated carbocycles. The summed E-state index contributed by atoms with van der Waals surface area (Å²) in [5.41, 5.74) is 2.41. The normalized spacial score (nSPS) is 10.2. The Morgan fingerprint density at radius 2 is 2.11 bits per heavy atom. The summed E-state index contributed by atoms with van der Waals surface area (Å²) in [4.78, 5) is 23.6. The topological polar surface area (TPSA) is 57.6 Å². The minimum atomic E-state index is -0.882. The number of nitrogens with zero attached hydrogens (tertiary/aromatic N) is 1. The van der Waals surface area contributed by atoms with Crippen LogP contribution in [0.4, 0.5) is 0 Å². The molecule has 0 radical (unpaired) electrons. The van der Waals surface area contributed by atoms with Crippen molar-refractivity contribution < 1.29 is 14.7 Å². The molecule has 4 nitrogen and oxygen atoms in total. The van der Waals surface area contributed by atoms with Crippen molar-refractivity contribution in [2.24, 2.45) is 0 Å². The Balaban J connectivity index is 2.28. The SMILES string of the molecule is Cc1cccc(CSCC(=O)N(C)CCC(=O)O)c1. The number of hydrogen-bond acceptors (Lipinski definition) is 3. The van der Waals surface area contributed by atoms with E-state index in [1.165, 1.54) is 16.0 Å². The van der Waals surface area contributed by atoms with Crippen LogP contribution in [0.3, 0.4) is 0 Å². The van der Waals surface area contributed by atoms with Gasteiger partial charge < -0.3 is 10.0 Å². The van der Waals surface area contributed by atoms with Gasteiger partial charge in [-0.2, -0.15) is 0 Å². The Hall–Kier alpha value is -1.49. The second-order valence-corrected chi connectivity index (χ2v) is 5.43.